The number of aromatic nitrogens is 5. The Morgan fingerprint density at radius 1 is 0.949 bits per heavy atom. The molecule has 39 heavy (non-hydrogen) atoms. The van der Waals surface area contributed by atoms with Gasteiger partial charge >= 0.3 is 0 Å². The van der Waals surface area contributed by atoms with Crippen LogP contribution in [0.1, 0.15) is 36.8 Å². The Hall–Kier alpha value is -4.05. The molecule has 0 bridgehead atoms. The molecule has 2 aliphatic rings. The molecular formula is C29H35N9O. The second kappa shape index (κ2) is 11.8. The third-order valence-electron chi connectivity index (χ3n) is 7.60. The maximum atomic E-state index is 12.1. The molecule has 5 heterocycles. The average molecular weight is 526 g/mol. The van der Waals surface area contributed by atoms with Crippen LogP contribution in [0.2, 0.25) is 0 Å². The second-order valence-electron chi connectivity index (χ2n) is 10.4. The Morgan fingerprint density at radius 2 is 1.79 bits per heavy atom. The number of nitrogens with one attached hydrogen (secondary N) is 2. The first-order valence-electron chi connectivity index (χ1n) is 13.9. The molecule has 3 aromatic heterocycles. The molecule has 0 aliphatic carbocycles. The normalized spacial score (nSPS) is 16.7. The van der Waals surface area contributed by atoms with Crippen molar-refractivity contribution in [3.8, 4) is 0 Å². The van der Waals surface area contributed by atoms with Crippen LogP contribution in [0.5, 0.6) is 0 Å². The molecule has 2 fully saturated rings. The molecule has 0 atom stereocenters. The highest BCUT2D eigenvalue weighted by molar-refractivity contribution is 5.84. The number of hydrogen-bond acceptors (Lipinski definition) is 8. The van der Waals surface area contributed by atoms with Crippen molar-refractivity contribution in [2.75, 3.05) is 36.8 Å². The van der Waals surface area contributed by atoms with Crippen LogP contribution in [-0.2, 0) is 24.4 Å². The smallest absolute Gasteiger partial charge is 0.227 e. The lowest BCUT2D eigenvalue weighted by Crippen LogP contribution is -2.39. The standard InChI is InChI=1S/C29H35N9O/c39-25-9-5-13-37(25)16-17-38-21-32-26-27(31-19-23-8-4-12-30-18-23)34-29(35-28(26)38)33-24-10-14-36(15-11-24)20-22-6-2-1-3-7-22/h1-4,6-8,12,18,21,24H,5,9-11,13-17,19-20H2,(H2,31,33,34,35). The minimum Gasteiger partial charge on any atom is -0.364 e. The van der Waals surface area contributed by atoms with Crippen molar-refractivity contribution in [2.45, 2.75) is 51.4 Å². The number of rotatable bonds is 10. The number of anilines is 2. The Bertz CT molecular complexity index is 1380. The highest BCUT2D eigenvalue weighted by Gasteiger charge is 2.23. The largest absolute Gasteiger partial charge is 0.364 e. The van der Waals surface area contributed by atoms with E-state index >= 15 is 0 Å². The van der Waals surface area contributed by atoms with Crippen LogP contribution in [0.4, 0.5) is 11.8 Å². The number of piperidine rings is 1. The summed E-state index contributed by atoms with van der Waals surface area (Å²) in [5, 5.41) is 7.06. The van der Waals surface area contributed by atoms with E-state index in [0.29, 0.717) is 43.9 Å². The van der Waals surface area contributed by atoms with Crippen LogP contribution in [0.25, 0.3) is 11.2 Å². The van der Waals surface area contributed by atoms with E-state index in [9.17, 15) is 4.79 Å². The van der Waals surface area contributed by atoms with E-state index in [1.54, 1.807) is 12.5 Å². The van der Waals surface area contributed by atoms with Crippen molar-refractivity contribution in [1.82, 2.24) is 34.3 Å². The van der Waals surface area contributed by atoms with E-state index in [1.807, 2.05) is 27.8 Å². The molecule has 6 rings (SSSR count). The molecule has 0 radical (unpaired) electrons. The zero-order valence-electron chi connectivity index (χ0n) is 22.2. The summed E-state index contributed by atoms with van der Waals surface area (Å²) in [6, 6.07) is 14.9. The average Bonchev–Trinajstić information content (AvgIpc) is 3.58. The molecule has 2 N–H and O–H groups in total. The van der Waals surface area contributed by atoms with Crippen molar-refractivity contribution in [3.05, 3.63) is 72.3 Å². The minimum atomic E-state index is 0.230. The topological polar surface area (TPSA) is 104 Å². The lowest BCUT2D eigenvalue weighted by Gasteiger charge is -2.32. The van der Waals surface area contributed by atoms with E-state index in [2.05, 4.69) is 55.8 Å². The van der Waals surface area contributed by atoms with Gasteiger partial charge in [0.1, 0.15) is 0 Å². The van der Waals surface area contributed by atoms with E-state index in [0.717, 1.165) is 62.2 Å². The van der Waals surface area contributed by atoms with Gasteiger partial charge in [-0.2, -0.15) is 9.97 Å². The lowest BCUT2D eigenvalue weighted by atomic mass is 10.0. The van der Waals surface area contributed by atoms with Crippen molar-refractivity contribution in [2.24, 2.45) is 0 Å². The fourth-order valence-corrected chi connectivity index (χ4v) is 5.41. The van der Waals surface area contributed by atoms with Gasteiger partial charge in [0, 0.05) is 70.7 Å². The van der Waals surface area contributed by atoms with Gasteiger partial charge in [-0.05, 0) is 36.5 Å². The molecule has 10 heteroatoms. The van der Waals surface area contributed by atoms with Gasteiger partial charge in [-0.25, -0.2) is 4.98 Å². The number of benzene rings is 1. The molecule has 10 nitrogen and oxygen atoms in total. The van der Waals surface area contributed by atoms with Gasteiger partial charge in [0.05, 0.1) is 6.33 Å². The number of carbonyl (C=O) groups excluding carboxylic acids is 1. The van der Waals surface area contributed by atoms with Crippen LogP contribution in [0, 0.1) is 0 Å². The third kappa shape index (κ3) is 6.17. The fourth-order valence-electron chi connectivity index (χ4n) is 5.41. The highest BCUT2D eigenvalue weighted by atomic mass is 16.2. The van der Waals surface area contributed by atoms with E-state index < -0.39 is 0 Å². The molecule has 2 aliphatic heterocycles. The number of likely N-dealkylation sites (tertiary alicyclic amines) is 2. The van der Waals surface area contributed by atoms with E-state index in [4.69, 9.17) is 9.97 Å². The van der Waals surface area contributed by atoms with E-state index in [-0.39, 0.29) is 5.91 Å². The Labute approximate surface area is 228 Å². The summed E-state index contributed by atoms with van der Waals surface area (Å²) in [7, 11) is 0. The van der Waals surface area contributed by atoms with Crippen molar-refractivity contribution in [3.63, 3.8) is 0 Å². The molecule has 1 aromatic carbocycles. The Kier molecular flexibility index (Phi) is 7.62. The first-order chi connectivity index (χ1) is 19.2. The van der Waals surface area contributed by atoms with Gasteiger partial charge in [0.25, 0.3) is 0 Å². The number of amides is 1. The zero-order valence-corrected chi connectivity index (χ0v) is 22.2. The van der Waals surface area contributed by atoms with Crippen molar-refractivity contribution >= 4 is 28.8 Å². The van der Waals surface area contributed by atoms with Gasteiger partial charge in [0.15, 0.2) is 17.0 Å². The summed E-state index contributed by atoms with van der Waals surface area (Å²) in [6.07, 6.45) is 9.07. The maximum absolute atomic E-state index is 12.1. The molecule has 202 valence electrons. The summed E-state index contributed by atoms with van der Waals surface area (Å²) in [5.74, 6) is 1.54. The molecule has 4 aromatic rings. The number of pyridine rings is 1. The molecule has 0 saturated carbocycles. The van der Waals surface area contributed by atoms with Gasteiger partial charge in [-0.15, -0.1) is 0 Å². The van der Waals surface area contributed by atoms with Gasteiger partial charge in [-0.3, -0.25) is 14.7 Å². The monoisotopic (exact) mass is 525 g/mol. The molecule has 2 saturated heterocycles. The quantitative estimate of drug-likeness (QED) is 0.324. The van der Waals surface area contributed by atoms with Crippen molar-refractivity contribution in [1.29, 1.82) is 0 Å². The maximum Gasteiger partial charge on any atom is 0.227 e. The molecule has 1 amide bonds. The second-order valence-corrected chi connectivity index (χ2v) is 10.4. The molecule has 0 spiro atoms. The summed E-state index contributed by atoms with van der Waals surface area (Å²) < 4.78 is 2.03. The van der Waals surface area contributed by atoms with Gasteiger partial charge < -0.3 is 20.1 Å². The Morgan fingerprint density at radius 3 is 2.56 bits per heavy atom. The SMILES string of the molecule is O=C1CCCN1CCn1cnc2c(NCc3cccnc3)nc(NC3CCN(Cc4ccccc4)CC3)nc21. The lowest BCUT2D eigenvalue weighted by molar-refractivity contribution is -0.127. The highest BCUT2D eigenvalue weighted by Crippen LogP contribution is 2.24. The number of hydrogen-bond donors (Lipinski definition) is 2. The molecular weight excluding hydrogens is 490 g/mol. The fraction of sp³-hybridized carbons (Fsp3) is 0.414. The summed E-state index contributed by atoms with van der Waals surface area (Å²) in [4.78, 5) is 35.2. The summed E-state index contributed by atoms with van der Waals surface area (Å²) >= 11 is 0. The number of carbonyl (C=O) groups is 1. The van der Waals surface area contributed by atoms with Crippen LogP contribution < -0.4 is 10.6 Å². The van der Waals surface area contributed by atoms with Gasteiger partial charge in [0.2, 0.25) is 11.9 Å². The van der Waals surface area contributed by atoms with Crippen LogP contribution in [-0.4, -0.2) is 72.4 Å². The van der Waals surface area contributed by atoms with E-state index in [1.165, 1.54) is 5.56 Å². The number of nitrogens with zero attached hydrogens (tertiary/aromatic N) is 7. The first kappa shape index (κ1) is 25.2. The predicted molar refractivity (Wildman–Crippen MR) is 151 cm³/mol. The van der Waals surface area contributed by atoms with Crippen LogP contribution >= 0.6 is 0 Å². The Balaban J connectivity index is 1.17. The minimum absolute atomic E-state index is 0.230. The summed E-state index contributed by atoms with van der Waals surface area (Å²) in [6.45, 7) is 5.77. The third-order valence-corrected chi connectivity index (χ3v) is 7.60. The first-order valence-corrected chi connectivity index (χ1v) is 13.9. The number of fused-ring (bicyclic) bond motifs is 1. The van der Waals surface area contributed by atoms with Crippen molar-refractivity contribution < 1.29 is 4.79 Å². The summed E-state index contributed by atoms with van der Waals surface area (Å²) in [5.41, 5.74) is 3.92. The molecule has 0 unspecified atom stereocenters. The zero-order chi connectivity index (χ0) is 26.4. The number of imidazole rings is 1. The predicted octanol–water partition coefficient (Wildman–Crippen LogP) is 3.53. The van der Waals surface area contributed by atoms with Crippen LogP contribution in [0.15, 0.2) is 61.2 Å². The van der Waals surface area contributed by atoms with Crippen LogP contribution in [0.3, 0.4) is 0 Å². The van der Waals surface area contributed by atoms with Gasteiger partial charge in [-0.1, -0.05) is 36.4 Å².